The lowest BCUT2D eigenvalue weighted by molar-refractivity contribution is -0.142. The SMILES string of the molecule is Cc1c(Br)c(C(F)(F)F)nn1CC(C(=O)C(Cn1nc(C(F)(F)F)c(Br)c1C)N1CCN(c2ccc(F)cc2)CC1)N1CCN(c2ccc(F)cc2)CC1. The molecule has 4 aromatic rings. The fourth-order valence-electron chi connectivity index (χ4n) is 6.97. The van der Waals surface area contributed by atoms with Crippen LogP contribution >= 0.6 is 31.9 Å². The third-order valence-corrected chi connectivity index (χ3v) is 11.9. The van der Waals surface area contributed by atoms with Crippen LogP contribution in [0, 0.1) is 25.5 Å². The molecule has 9 nitrogen and oxygen atoms in total. The molecule has 2 aliphatic rings. The Hall–Kier alpha value is -3.55. The summed E-state index contributed by atoms with van der Waals surface area (Å²) in [6.45, 7) is 5.22. The third-order valence-electron chi connectivity index (χ3n) is 10.0. The molecule has 2 fully saturated rings. The van der Waals surface area contributed by atoms with Crippen molar-refractivity contribution in [3.63, 3.8) is 0 Å². The topological polar surface area (TPSA) is 65.7 Å². The molecule has 292 valence electrons. The van der Waals surface area contributed by atoms with Crippen LogP contribution in [0.4, 0.5) is 46.5 Å². The van der Waals surface area contributed by atoms with Gasteiger partial charge in [0.1, 0.15) is 11.6 Å². The van der Waals surface area contributed by atoms with Crippen LogP contribution in [0.15, 0.2) is 57.5 Å². The van der Waals surface area contributed by atoms with Crippen LogP contribution in [0.5, 0.6) is 0 Å². The Morgan fingerprint density at radius 3 is 1.20 bits per heavy atom. The summed E-state index contributed by atoms with van der Waals surface area (Å²) in [5.74, 6) is -1.21. The average molecular weight is 897 g/mol. The zero-order valence-electron chi connectivity index (χ0n) is 29.1. The summed E-state index contributed by atoms with van der Waals surface area (Å²) in [7, 11) is 0. The number of halogens is 10. The highest BCUT2D eigenvalue weighted by Gasteiger charge is 2.43. The van der Waals surface area contributed by atoms with E-state index in [0.717, 1.165) is 20.7 Å². The average Bonchev–Trinajstić information content (AvgIpc) is 3.59. The molecule has 0 spiro atoms. The molecule has 0 amide bonds. The number of benzene rings is 2. The van der Waals surface area contributed by atoms with Gasteiger partial charge in [-0.05, 0) is 94.2 Å². The summed E-state index contributed by atoms with van der Waals surface area (Å²) in [6.07, 6.45) is -9.55. The molecule has 0 radical (unpaired) electrons. The van der Waals surface area contributed by atoms with E-state index in [1.54, 1.807) is 24.3 Å². The van der Waals surface area contributed by atoms with E-state index >= 15 is 4.79 Å². The van der Waals surface area contributed by atoms with Crippen LogP contribution < -0.4 is 9.80 Å². The molecule has 2 aromatic heterocycles. The molecule has 0 N–H and O–H groups in total. The zero-order valence-corrected chi connectivity index (χ0v) is 32.3. The van der Waals surface area contributed by atoms with Gasteiger partial charge in [0.15, 0.2) is 17.2 Å². The lowest BCUT2D eigenvalue weighted by atomic mass is 9.99. The highest BCUT2D eigenvalue weighted by atomic mass is 79.9. The number of rotatable bonds is 10. The zero-order chi connectivity index (χ0) is 39.1. The van der Waals surface area contributed by atoms with Crippen molar-refractivity contribution in [1.82, 2.24) is 29.4 Å². The summed E-state index contributed by atoms with van der Waals surface area (Å²) < 4.78 is 113. The first kappa shape index (κ1) is 40.1. The molecule has 54 heavy (non-hydrogen) atoms. The lowest BCUT2D eigenvalue weighted by Crippen LogP contribution is -2.61. The number of nitrogens with zero attached hydrogens (tertiary/aromatic N) is 8. The molecule has 0 saturated carbocycles. The second-order valence-electron chi connectivity index (χ2n) is 13.3. The molecule has 6 rings (SSSR count). The largest absolute Gasteiger partial charge is 0.436 e. The molecular weight excluding hydrogens is 860 g/mol. The molecule has 2 atom stereocenters. The molecule has 0 aliphatic carbocycles. The maximum absolute atomic E-state index is 15.1. The van der Waals surface area contributed by atoms with Crippen LogP contribution in [-0.4, -0.2) is 99.6 Å². The van der Waals surface area contributed by atoms with Gasteiger partial charge in [-0.1, -0.05) is 0 Å². The Morgan fingerprint density at radius 1 is 0.611 bits per heavy atom. The lowest BCUT2D eigenvalue weighted by Gasteiger charge is -2.43. The van der Waals surface area contributed by atoms with Crippen molar-refractivity contribution in [3.8, 4) is 0 Å². The quantitative estimate of drug-likeness (QED) is 0.156. The number of hydrogen-bond donors (Lipinski definition) is 0. The van der Waals surface area contributed by atoms with Gasteiger partial charge in [-0.3, -0.25) is 24.0 Å². The Bertz CT molecular complexity index is 1790. The summed E-state index contributed by atoms with van der Waals surface area (Å²) in [4.78, 5) is 22.8. The predicted molar refractivity (Wildman–Crippen MR) is 192 cm³/mol. The van der Waals surface area contributed by atoms with Gasteiger partial charge in [0, 0.05) is 63.7 Å². The first-order valence-corrected chi connectivity index (χ1v) is 18.6. The van der Waals surface area contributed by atoms with Crippen molar-refractivity contribution in [2.75, 3.05) is 62.2 Å². The van der Waals surface area contributed by atoms with Crippen molar-refractivity contribution in [2.24, 2.45) is 0 Å². The summed E-state index contributed by atoms with van der Waals surface area (Å²) in [6, 6.07) is 9.81. The molecule has 2 aromatic carbocycles. The van der Waals surface area contributed by atoms with E-state index < -0.39 is 53.2 Å². The van der Waals surface area contributed by atoms with Gasteiger partial charge < -0.3 is 9.80 Å². The second-order valence-corrected chi connectivity index (χ2v) is 14.9. The fraction of sp³-hybridized carbons (Fsp3) is 0.457. The van der Waals surface area contributed by atoms with E-state index in [0.29, 0.717) is 52.4 Å². The Morgan fingerprint density at radius 2 is 0.926 bits per heavy atom. The number of Topliss-reactive ketones (excluding diaryl/α,β-unsaturated/α-hetero) is 1. The maximum Gasteiger partial charge on any atom is 0.436 e. The fourth-order valence-corrected chi connectivity index (χ4v) is 7.99. The van der Waals surface area contributed by atoms with Gasteiger partial charge in [-0.2, -0.15) is 36.5 Å². The minimum atomic E-state index is -4.77. The molecule has 0 bridgehead atoms. The van der Waals surface area contributed by atoms with Crippen LogP contribution in [0.25, 0.3) is 0 Å². The molecule has 4 heterocycles. The molecule has 2 aliphatic heterocycles. The Kier molecular flexibility index (Phi) is 11.8. The van der Waals surface area contributed by atoms with Gasteiger partial charge in [0.25, 0.3) is 0 Å². The van der Waals surface area contributed by atoms with Crippen molar-refractivity contribution >= 4 is 49.0 Å². The van der Waals surface area contributed by atoms with Crippen LogP contribution in [0.1, 0.15) is 22.8 Å². The minimum Gasteiger partial charge on any atom is -0.369 e. The number of alkyl halides is 6. The van der Waals surface area contributed by atoms with Crippen LogP contribution in [0.3, 0.4) is 0 Å². The number of carbonyl (C=O) groups is 1. The van der Waals surface area contributed by atoms with Gasteiger partial charge in [-0.15, -0.1) is 0 Å². The van der Waals surface area contributed by atoms with E-state index in [1.807, 2.05) is 19.6 Å². The number of carbonyl (C=O) groups excluding carboxylic acids is 1. The van der Waals surface area contributed by atoms with Gasteiger partial charge in [0.05, 0.1) is 45.5 Å². The highest BCUT2D eigenvalue weighted by molar-refractivity contribution is 9.10. The maximum atomic E-state index is 15.1. The van der Waals surface area contributed by atoms with Crippen molar-refractivity contribution in [2.45, 2.75) is 51.4 Å². The Balaban J connectivity index is 1.35. The van der Waals surface area contributed by atoms with Crippen molar-refractivity contribution in [3.05, 3.63) is 91.9 Å². The molecule has 2 saturated heterocycles. The Labute approximate surface area is 322 Å². The smallest absolute Gasteiger partial charge is 0.369 e. The number of hydrogen-bond acceptors (Lipinski definition) is 7. The van der Waals surface area contributed by atoms with E-state index in [9.17, 15) is 35.1 Å². The first-order valence-electron chi connectivity index (χ1n) is 17.1. The van der Waals surface area contributed by atoms with Gasteiger partial charge >= 0.3 is 12.4 Å². The minimum absolute atomic E-state index is 0.149. The third kappa shape index (κ3) is 8.63. The molecule has 19 heteroatoms. The van der Waals surface area contributed by atoms with Gasteiger partial charge in [-0.25, -0.2) is 8.78 Å². The number of anilines is 2. The van der Waals surface area contributed by atoms with E-state index in [-0.39, 0.29) is 33.4 Å². The summed E-state index contributed by atoms with van der Waals surface area (Å²) in [5, 5.41) is 7.71. The second kappa shape index (κ2) is 15.9. The van der Waals surface area contributed by atoms with Gasteiger partial charge in [0.2, 0.25) is 0 Å². The monoisotopic (exact) mass is 894 g/mol. The van der Waals surface area contributed by atoms with E-state index in [1.165, 1.54) is 38.1 Å². The summed E-state index contributed by atoms with van der Waals surface area (Å²) in [5.41, 5.74) is -0.460. The molecular formula is C35H36Br2F8N8O. The van der Waals surface area contributed by atoms with E-state index in [2.05, 4.69) is 42.1 Å². The summed E-state index contributed by atoms with van der Waals surface area (Å²) >= 11 is 6.04. The van der Waals surface area contributed by atoms with Crippen LogP contribution in [-0.2, 0) is 30.2 Å². The van der Waals surface area contributed by atoms with Crippen LogP contribution in [0.2, 0.25) is 0 Å². The molecule has 2 unspecified atom stereocenters. The van der Waals surface area contributed by atoms with Crippen molar-refractivity contribution in [1.29, 1.82) is 0 Å². The highest BCUT2D eigenvalue weighted by Crippen LogP contribution is 2.37. The number of piperazine rings is 2. The standard InChI is InChI=1S/C35H36Br2F8N8O/c1-21-29(36)32(34(40,41)42)46-52(21)19-27(50-15-11-48(12-16-50)25-7-3-23(38)4-8-25)31(54)28(20-53-22(2)30(37)33(47-53)35(43,44)45)51-17-13-49(14-18-51)26-9-5-24(39)6-10-26/h3-10,27-28H,11-20H2,1-2H3. The van der Waals surface area contributed by atoms with Crippen molar-refractivity contribution < 1.29 is 39.9 Å². The normalized spacial score (nSPS) is 17.6. The van der Waals surface area contributed by atoms with E-state index in [4.69, 9.17) is 0 Å². The number of aromatic nitrogens is 4. The predicted octanol–water partition coefficient (Wildman–Crippen LogP) is 7.19. The first-order chi connectivity index (χ1) is 25.4. The number of ketones is 1.